The molecule has 1 aromatic carbocycles. The molecule has 5 nitrogen and oxygen atoms in total. The van der Waals surface area contributed by atoms with Gasteiger partial charge >= 0.3 is 0 Å². The van der Waals surface area contributed by atoms with E-state index in [-0.39, 0.29) is 0 Å². The summed E-state index contributed by atoms with van der Waals surface area (Å²) in [4.78, 5) is 7.78. The standard InChI is InChI=1S/C14H19N3O2/c1-9-16-12(6-7-15)14(17-9)11-5-4-10(18-2)8-13(11)19-3/h4-5,8H,6-7,15H2,1-3H3,(H,16,17). The minimum atomic E-state index is 0.576. The van der Waals surface area contributed by atoms with Gasteiger partial charge in [0.05, 0.1) is 19.9 Å². The van der Waals surface area contributed by atoms with Crippen molar-refractivity contribution in [2.24, 2.45) is 5.73 Å². The van der Waals surface area contributed by atoms with Crippen molar-refractivity contribution in [3.8, 4) is 22.8 Å². The molecule has 3 N–H and O–H groups in total. The fraction of sp³-hybridized carbons (Fsp3) is 0.357. The fourth-order valence-electron chi connectivity index (χ4n) is 2.08. The van der Waals surface area contributed by atoms with Crippen LogP contribution in [-0.4, -0.2) is 30.7 Å². The minimum absolute atomic E-state index is 0.576. The molecule has 2 rings (SSSR count). The van der Waals surface area contributed by atoms with Gasteiger partial charge in [-0.2, -0.15) is 0 Å². The number of nitrogens with zero attached hydrogens (tertiary/aromatic N) is 1. The van der Waals surface area contributed by atoms with Gasteiger partial charge in [-0.3, -0.25) is 0 Å². The summed E-state index contributed by atoms with van der Waals surface area (Å²) in [5.41, 5.74) is 8.50. The molecule has 0 saturated carbocycles. The van der Waals surface area contributed by atoms with Crippen LogP contribution in [0.5, 0.6) is 11.5 Å². The number of hydrogen-bond donors (Lipinski definition) is 2. The van der Waals surface area contributed by atoms with Gasteiger partial charge in [-0.15, -0.1) is 0 Å². The SMILES string of the molecule is COc1ccc(-c2nc(C)[nH]c2CCN)c(OC)c1. The van der Waals surface area contributed by atoms with E-state index >= 15 is 0 Å². The quantitative estimate of drug-likeness (QED) is 0.862. The number of ether oxygens (including phenoxy) is 2. The van der Waals surface area contributed by atoms with Crippen molar-refractivity contribution < 1.29 is 9.47 Å². The number of imidazole rings is 1. The van der Waals surface area contributed by atoms with Crippen LogP contribution in [-0.2, 0) is 6.42 Å². The lowest BCUT2D eigenvalue weighted by atomic mass is 10.1. The molecule has 0 unspecified atom stereocenters. The highest BCUT2D eigenvalue weighted by Crippen LogP contribution is 2.34. The first-order valence-electron chi connectivity index (χ1n) is 6.17. The van der Waals surface area contributed by atoms with Crippen LogP contribution in [0.3, 0.4) is 0 Å². The number of aromatic amines is 1. The smallest absolute Gasteiger partial charge is 0.132 e. The number of H-pyrrole nitrogens is 1. The zero-order chi connectivity index (χ0) is 13.8. The van der Waals surface area contributed by atoms with Crippen molar-refractivity contribution in [3.63, 3.8) is 0 Å². The van der Waals surface area contributed by atoms with Gasteiger partial charge in [0.15, 0.2) is 0 Å². The number of nitrogens with one attached hydrogen (secondary N) is 1. The van der Waals surface area contributed by atoms with E-state index in [2.05, 4.69) is 9.97 Å². The van der Waals surface area contributed by atoms with Gasteiger partial charge in [0, 0.05) is 23.7 Å². The van der Waals surface area contributed by atoms with Crippen LogP contribution >= 0.6 is 0 Å². The van der Waals surface area contributed by atoms with Crippen molar-refractivity contribution in [2.45, 2.75) is 13.3 Å². The molecule has 0 saturated heterocycles. The van der Waals surface area contributed by atoms with E-state index in [0.717, 1.165) is 40.7 Å². The van der Waals surface area contributed by atoms with Gasteiger partial charge in [-0.1, -0.05) is 0 Å². The van der Waals surface area contributed by atoms with Gasteiger partial charge in [0.25, 0.3) is 0 Å². The first-order chi connectivity index (χ1) is 9.19. The van der Waals surface area contributed by atoms with E-state index in [1.165, 1.54) is 0 Å². The Morgan fingerprint density at radius 3 is 2.68 bits per heavy atom. The molecule has 0 amide bonds. The highest BCUT2D eigenvalue weighted by atomic mass is 16.5. The Hall–Kier alpha value is -2.01. The maximum Gasteiger partial charge on any atom is 0.132 e. The summed E-state index contributed by atoms with van der Waals surface area (Å²) < 4.78 is 10.6. The molecular weight excluding hydrogens is 242 g/mol. The van der Waals surface area contributed by atoms with Crippen LogP contribution in [0.4, 0.5) is 0 Å². The van der Waals surface area contributed by atoms with E-state index in [4.69, 9.17) is 15.2 Å². The van der Waals surface area contributed by atoms with Crippen molar-refractivity contribution in [2.75, 3.05) is 20.8 Å². The predicted molar refractivity (Wildman–Crippen MR) is 74.6 cm³/mol. The molecular formula is C14H19N3O2. The second-order valence-electron chi connectivity index (χ2n) is 4.25. The maximum atomic E-state index is 5.63. The number of aryl methyl sites for hydroxylation is 1. The highest BCUT2D eigenvalue weighted by molar-refractivity contribution is 5.70. The summed E-state index contributed by atoms with van der Waals surface area (Å²) in [6.45, 7) is 2.51. The molecule has 1 aromatic heterocycles. The Balaban J connectivity index is 2.51. The molecule has 0 aliphatic rings. The van der Waals surface area contributed by atoms with Gasteiger partial charge < -0.3 is 20.2 Å². The second-order valence-corrected chi connectivity index (χ2v) is 4.25. The number of nitrogens with two attached hydrogens (primary N) is 1. The van der Waals surface area contributed by atoms with E-state index in [0.29, 0.717) is 6.54 Å². The van der Waals surface area contributed by atoms with E-state index in [9.17, 15) is 0 Å². The normalized spacial score (nSPS) is 10.5. The number of methoxy groups -OCH3 is 2. The monoisotopic (exact) mass is 261 g/mol. The third kappa shape index (κ3) is 2.71. The second kappa shape index (κ2) is 5.75. The summed E-state index contributed by atoms with van der Waals surface area (Å²) in [7, 11) is 3.27. The van der Waals surface area contributed by atoms with Crippen LogP contribution in [0, 0.1) is 6.92 Å². The number of hydrogen-bond acceptors (Lipinski definition) is 4. The molecule has 102 valence electrons. The molecule has 0 bridgehead atoms. The lowest BCUT2D eigenvalue weighted by Gasteiger charge is -2.10. The molecule has 0 atom stereocenters. The zero-order valence-corrected chi connectivity index (χ0v) is 11.5. The largest absolute Gasteiger partial charge is 0.497 e. The average molecular weight is 261 g/mol. The first kappa shape index (κ1) is 13.4. The molecule has 19 heavy (non-hydrogen) atoms. The van der Waals surface area contributed by atoms with Crippen LogP contribution in [0.2, 0.25) is 0 Å². The third-order valence-corrected chi connectivity index (χ3v) is 2.96. The number of rotatable bonds is 5. The van der Waals surface area contributed by atoms with Crippen molar-refractivity contribution in [3.05, 3.63) is 29.7 Å². The Morgan fingerprint density at radius 1 is 1.26 bits per heavy atom. The Kier molecular flexibility index (Phi) is 4.06. The van der Waals surface area contributed by atoms with Crippen LogP contribution < -0.4 is 15.2 Å². The zero-order valence-electron chi connectivity index (χ0n) is 11.5. The van der Waals surface area contributed by atoms with Crippen molar-refractivity contribution in [1.82, 2.24) is 9.97 Å². The Labute approximate surface area is 112 Å². The van der Waals surface area contributed by atoms with Crippen molar-refractivity contribution >= 4 is 0 Å². The molecule has 2 aromatic rings. The molecule has 1 heterocycles. The van der Waals surface area contributed by atoms with E-state index in [1.54, 1.807) is 14.2 Å². The van der Waals surface area contributed by atoms with E-state index in [1.807, 2.05) is 25.1 Å². The molecule has 5 heteroatoms. The summed E-state index contributed by atoms with van der Waals surface area (Å²) in [6.07, 6.45) is 0.755. The van der Waals surface area contributed by atoms with E-state index < -0.39 is 0 Å². The molecule has 0 spiro atoms. The Morgan fingerprint density at radius 2 is 2.05 bits per heavy atom. The predicted octanol–water partition coefficient (Wildman–Crippen LogP) is 1.90. The lowest BCUT2D eigenvalue weighted by Crippen LogP contribution is -2.04. The van der Waals surface area contributed by atoms with Crippen LogP contribution in [0.1, 0.15) is 11.5 Å². The fourth-order valence-corrected chi connectivity index (χ4v) is 2.08. The van der Waals surface area contributed by atoms with Crippen LogP contribution in [0.15, 0.2) is 18.2 Å². The lowest BCUT2D eigenvalue weighted by molar-refractivity contribution is 0.395. The number of aromatic nitrogens is 2. The van der Waals surface area contributed by atoms with Gasteiger partial charge in [-0.25, -0.2) is 4.98 Å². The third-order valence-electron chi connectivity index (χ3n) is 2.96. The summed E-state index contributed by atoms with van der Waals surface area (Å²) in [6, 6.07) is 5.70. The summed E-state index contributed by atoms with van der Waals surface area (Å²) in [5.74, 6) is 2.37. The number of benzene rings is 1. The topological polar surface area (TPSA) is 73.2 Å². The molecule has 0 aliphatic carbocycles. The molecule has 0 fully saturated rings. The summed E-state index contributed by atoms with van der Waals surface area (Å²) in [5, 5.41) is 0. The van der Waals surface area contributed by atoms with Crippen LogP contribution in [0.25, 0.3) is 11.3 Å². The van der Waals surface area contributed by atoms with Gasteiger partial charge in [0.1, 0.15) is 17.3 Å². The molecule has 0 aliphatic heterocycles. The van der Waals surface area contributed by atoms with Gasteiger partial charge in [-0.05, 0) is 25.6 Å². The molecule has 0 radical (unpaired) electrons. The Bertz CT molecular complexity index is 564. The minimum Gasteiger partial charge on any atom is -0.497 e. The average Bonchev–Trinajstić information content (AvgIpc) is 2.79. The van der Waals surface area contributed by atoms with Gasteiger partial charge in [0.2, 0.25) is 0 Å². The first-order valence-corrected chi connectivity index (χ1v) is 6.17. The summed E-state index contributed by atoms with van der Waals surface area (Å²) >= 11 is 0. The van der Waals surface area contributed by atoms with Crippen molar-refractivity contribution in [1.29, 1.82) is 0 Å². The highest BCUT2D eigenvalue weighted by Gasteiger charge is 2.15. The maximum absolute atomic E-state index is 5.63.